The van der Waals surface area contributed by atoms with E-state index in [0.717, 1.165) is 57.8 Å². The number of likely N-dealkylation sites (N-methyl/N-ethyl adjacent to an activating group) is 1. The van der Waals surface area contributed by atoms with E-state index in [1.807, 2.05) is 27.2 Å². The van der Waals surface area contributed by atoms with E-state index in [1.54, 1.807) is 6.08 Å². The normalized spacial score (nSPS) is 14.9. The van der Waals surface area contributed by atoms with Crippen molar-refractivity contribution in [2.45, 2.75) is 187 Å². The van der Waals surface area contributed by atoms with Gasteiger partial charge in [0.05, 0.1) is 39.9 Å². The van der Waals surface area contributed by atoms with Crippen LogP contribution in [0.5, 0.6) is 0 Å². The third-order valence-corrected chi connectivity index (χ3v) is 10.2. The number of unbranched alkanes of at least 4 members (excludes halogenated alkanes) is 19. The molecule has 0 aromatic carbocycles. The second-order valence-electron chi connectivity index (χ2n) is 15.7. The summed E-state index contributed by atoms with van der Waals surface area (Å²) in [6.45, 7) is 4.74. The maximum atomic E-state index is 12.8. The second-order valence-corrected chi connectivity index (χ2v) is 17.1. The van der Waals surface area contributed by atoms with Gasteiger partial charge in [0.25, 0.3) is 0 Å². The van der Waals surface area contributed by atoms with Crippen LogP contribution in [0.25, 0.3) is 0 Å². The zero-order valence-corrected chi connectivity index (χ0v) is 35.9. The van der Waals surface area contributed by atoms with Crippen LogP contribution in [-0.2, 0) is 18.4 Å². The van der Waals surface area contributed by atoms with Crippen molar-refractivity contribution in [1.82, 2.24) is 5.32 Å². The highest BCUT2D eigenvalue weighted by Gasteiger charge is 2.27. The van der Waals surface area contributed by atoms with Crippen molar-refractivity contribution >= 4 is 13.7 Å². The minimum atomic E-state index is -4.35. The van der Waals surface area contributed by atoms with E-state index in [9.17, 15) is 19.4 Å². The first kappa shape index (κ1) is 51.5. The summed E-state index contributed by atoms with van der Waals surface area (Å²) in [5.74, 6) is -0.203. The highest BCUT2D eigenvalue weighted by atomic mass is 31.2. The van der Waals surface area contributed by atoms with Crippen molar-refractivity contribution in [3.05, 3.63) is 48.6 Å². The molecule has 0 aliphatic rings. The molecule has 0 saturated heterocycles. The lowest BCUT2D eigenvalue weighted by molar-refractivity contribution is -0.870. The van der Waals surface area contributed by atoms with Gasteiger partial charge in [-0.1, -0.05) is 146 Å². The molecule has 0 heterocycles. The number of hydrogen-bond donors (Lipinski definition) is 3. The van der Waals surface area contributed by atoms with E-state index >= 15 is 0 Å². The molecule has 53 heavy (non-hydrogen) atoms. The Morgan fingerprint density at radius 1 is 0.623 bits per heavy atom. The summed E-state index contributed by atoms with van der Waals surface area (Å²) in [4.78, 5) is 23.1. The number of aliphatic hydroxyl groups excluding tert-OH is 1. The van der Waals surface area contributed by atoms with E-state index in [-0.39, 0.29) is 19.1 Å². The summed E-state index contributed by atoms with van der Waals surface area (Å²) in [6.07, 6.45) is 44.6. The summed E-state index contributed by atoms with van der Waals surface area (Å²) >= 11 is 0. The van der Waals surface area contributed by atoms with Gasteiger partial charge in [-0.15, -0.1) is 0 Å². The van der Waals surface area contributed by atoms with Crippen molar-refractivity contribution in [3.8, 4) is 0 Å². The molecule has 0 aromatic heterocycles. The average Bonchev–Trinajstić information content (AvgIpc) is 3.10. The summed E-state index contributed by atoms with van der Waals surface area (Å²) < 4.78 is 23.5. The van der Waals surface area contributed by atoms with Gasteiger partial charge < -0.3 is 19.8 Å². The number of nitrogens with zero attached hydrogens (tertiary/aromatic N) is 1. The van der Waals surface area contributed by atoms with Gasteiger partial charge in [0.15, 0.2) is 0 Å². The SMILES string of the molecule is CCCCCCC/C=C\CCCCCCCC(=O)NC(COP(=O)(O)OCC[N+](C)(C)C)C(O)/C=C/CC/C=C/CC/C=C/CCCCCCCCC. The average molecular weight is 768 g/mol. The molecule has 0 aliphatic heterocycles. The molecule has 0 radical (unpaired) electrons. The Bertz CT molecular complexity index is 1010. The van der Waals surface area contributed by atoms with Crippen molar-refractivity contribution in [1.29, 1.82) is 0 Å². The molecular formula is C44H84N2O6P+. The number of phosphoric ester groups is 1. The summed E-state index contributed by atoms with van der Waals surface area (Å²) in [7, 11) is 1.53. The molecule has 0 bridgehead atoms. The zero-order chi connectivity index (χ0) is 39.3. The maximum Gasteiger partial charge on any atom is 0.472 e. The molecule has 3 unspecified atom stereocenters. The number of nitrogens with one attached hydrogen (secondary N) is 1. The molecule has 0 aliphatic carbocycles. The van der Waals surface area contributed by atoms with Crippen molar-refractivity contribution in [2.75, 3.05) is 40.9 Å². The van der Waals surface area contributed by atoms with E-state index in [4.69, 9.17) is 9.05 Å². The topological polar surface area (TPSA) is 105 Å². The van der Waals surface area contributed by atoms with Gasteiger partial charge in [-0.05, 0) is 70.6 Å². The summed E-state index contributed by atoms with van der Waals surface area (Å²) in [6, 6.07) is -0.872. The molecule has 0 fully saturated rings. The lowest BCUT2D eigenvalue weighted by Gasteiger charge is -2.25. The number of carbonyl (C=O) groups excluding carboxylic acids is 1. The van der Waals surface area contributed by atoms with Gasteiger partial charge in [0.2, 0.25) is 5.91 Å². The van der Waals surface area contributed by atoms with E-state index < -0.39 is 20.0 Å². The third-order valence-electron chi connectivity index (χ3n) is 9.25. The molecule has 0 saturated carbocycles. The first-order valence-electron chi connectivity index (χ1n) is 21.5. The van der Waals surface area contributed by atoms with Crippen LogP contribution in [-0.4, -0.2) is 73.4 Å². The Balaban J connectivity index is 4.57. The highest BCUT2D eigenvalue weighted by Crippen LogP contribution is 2.43. The van der Waals surface area contributed by atoms with Gasteiger partial charge in [0.1, 0.15) is 13.2 Å². The lowest BCUT2D eigenvalue weighted by Crippen LogP contribution is -2.45. The van der Waals surface area contributed by atoms with Crippen LogP contribution < -0.4 is 5.32 Å². The minimum Gasteiger partial charge on any atom is -0.387 e. The Hall–Kier alpha value is -1.54. The summed E-state index contributed by atoms with van der Waals surface area (Å²) in [5.41, 5.74) is 0. The number of allylic oxidation sites excluding steroid dienone is 7. The minimum absolute atomic E-state index is 0.0508. The number of rotatable bonds is 38. The zero-order valence-electron chi connectivity index (χ0n) is 35.0. The number of aliphatic hydroxyl groups is 1. The van der Waals surface area contributed by atoms with Crippen molar-refractivity contribution in [3.63, 3.8) is 0 Å². The van der Waals surface area contributed by atoms with E-state index in [2.05, 4.69) is 55.6 Å². The standard InChI is InChI=1S/C44H83N2O6P/c1-6-8-10-12-14-16-18-20-22-23-24-25-27-29-31-33-35-37-43(47)42(41-52-53(49,50)51-40-39-46(3,4)5)45-44(48)38-36-34-32-30-28-26-21-19-17-15-13-11-9-7-2/h19,21-23,27,29,35,37,42-43,47H,6-18,20,24-26,28,30-34,36,38-41H2,1-5H3,(H-,45,48,49,50)/p+1/b21-19-,23-22+,29-27+,37-35+. The number of phosphoric acid groups is 1. The molecule has 0 spiro atoms. The van der Waals surface area contributed by atoms with Gasteiger partial charge >= 0.3 is 7.82 Å². The highest BCUT2D eigenvalue weighted by molar-refractivity contribution is 7.47. The molecular weight excluding hydrogens is 683 g/mol. The van der Waals surface area contributed by atoms with Crippen LogP contribution in [0.15, 0.2) is 48.6 Å². The van der Waals surface area contributed by atoms with Crippen molar-refractivity contribution in [2.24, 2.45) is 0 Å². The molecule has 3 N–H and O–H groups in total. The van der Waals surface area contributed by atoms with Crippen LogP contribution in [0.1, 0.15) is 174 Å². The van der Waals surface area contributed by atoms with Crippen molar-refractivity contribution < 1.29 is 32.9 Å². The number of quaternary nitrogens is 1. The molecule has 3 atom stereocenters. The molecule has 0 rings (SSSR count). The Morgan fingerprint density at radius 3 is 1.51 bits per heavy atom. The Labute approximate surface area is 327 Å². The Morgan fingerprint density at radius 2 is 1.04 bits per heavy atom. The number of carbonyl (C=O) groups is 1. The predicted molar refractivity (Wildman–Crippen MR) is 226 cm³/mol. The van der Waals surface area contributed by atoms with Crippen LogP contribution in [0.2, 0.25) is 0 Å². The lowest BCUT2D eigenvalue weighted by atomic mass is 10.1. The fourth-order valence-corrected chi connectivity index (χ4v) is 6.51. The van der Waals surface area contributed by atoms with Crippen LogP contribution in [0, 0.1) is 0 Å². The largest absolute Gasteiger partial charge is 0.472 e. The first-order valence-corrected chi connectivity index (χ1v) is 23.0. The molecule has 9 heteroatoms. The van der Waals surface area contributed by atoms with Gasteiger partial charge in [-0.25, -0.2) is 4.57 Å². The maximum absolute atomic E-state index is 12.8. The third kappa shape index (κ3) is 38.5. The second kappa shape index (κ2) is 36.1. The predicted octanol–water partition coefficient (Wildman–Crippen LogP) is 11.7. The smallest absolute Gasteiger partial charge is 0.387 e. The molecule has 8 nitrogen and oxygen atoms in total. The van der Waals surface area contributed by atoms with Crippen LogP contribution in [0.4, 0.5) is 0 Å². The van der Waals surface area contributed by atoms with Gasteiger partial charge in [-0.2, -0.15) is 0 Å². The first-order chi connectivity index (χ1) is 25.5. The monoisotopic (exact) mass is 768 g/mol. The quantitative estimate of drug-likeness (QED) is 0.0250. The van der Waals surface area contributed by atoms with Crippen LogP contribution in [0.3, 0.4) is 0 Å². The number of amides is 1. The Kier molecular flexibility index (Phi) is 35.1. The van der Waals surface area contributed by atoms with Gasteiger partial charge in [0, 0.05) is 6.42 Å². The summed E-state index contributed by atoms with van der Waals surface area (Å²) in [5, 5.41) is 13.8. The molecule has 310 valence electrons. The fraction of sp³-hybridized carbons (Fsp3) is 0.795. The van der Waals surface area contributed by atoms with Gasteiger partial charge in [-0.3, -0.25) is 13.8 Å². The molecule has 0 aromatic rings. The fourth-order valence-electron chi connectivity index (χ4n) is 5.77. The number of hydrogen-bond acceptors (Lipinski definition) is 5. The van der Waals surface area contributed by atoms with E-state index in [1.165, 1.54) is 96.3 Å². The molecule has 1 amide bonds. The van der Waals surface area contributed by atoms with E-state index in [0.29, 0.717) is 17.4 Å². The van der Waals surface area contributed by atoms with Crippen LogP contribution >= 0.6 is 7.82 Å².